The van der Waals surface area contributed by atoms with Gasteiger partial charge < -0.3 is 0 Å². The monoisotopic (exact) mass is 610 g/mol. The first-order valence-corrected chi connectivity index (χ1v) is 12.2. The Bertz CT molecular complexity index is 1170. The Hall–Kier alpha value is -1.92. The maximum atomic E-state index is 2.37. The van der Waals surface area contributed by atoms with E-state index < -0.39 is 0 Å². The predicted octanol–water partition coefficient (Wildman–Crippen LogP) is 8.38. The largest absolute Gasteiger partial charge is 0.0616 e. The second kappa shape index (κ2) is 8.67. The number of halogens is 2. The highest BCUT2D eigenvalue weighted by Crippen LogP contribution is 2.35. The van der Waals surface area contributed by atoms with E-state index in [1.807, 2.05) is 0 Å². The van der Waals surface area contributed by atoms with Crippen LogP contribution in [0.2, 0.25) is 0 Å². The van der Waals surface area contributed by atoms with Crippen LogP contribution in [0.1, 0.15) is 22.3 Å². The molecule has 0 aliphatic rings. The van der Waals surface area contributed by atoms with Crippen LogP contribution < -0.4 is 0 Å². The van der Waals surface area contributed by atoms with Gasteiger partial charge in [-0.3, -0.25) is 0 Å². The molecule has 5 rings (SSSR count). The molecule has 30 heavy (non-hydrogen) atoms. The highest BCUT2D eigenvalue weighted by Gasteiger charge is 2.14. The summed E-state index contributed by atoms with van der Waals surface area (Å²) >= 11 is 4.74. The lowest BCUT2D eigenvalue weighted by atomic mass is 9.87. The van der Waals surface area contributed by atoms with Crippen molar-refractivity contribution in [2.24, 2.45) is 0 Å². The lowest BCUT2D eigenvalue weighted by molar-refractivity contribution is 1.21. The van der Waals surface area contributed by atoms with E-state index in [0.29, 0.717) is 0 Å². The van der Waals surface area contributed by atoms with Crippen LogP contribution in [0.4, 0.5) is 0 Å². The molecule has 146 valence electrons. The van der Waals surface area contributed by atoms with E-state index in [1.165, 1.54) is 50.9 Å². The van der Waals surface area contributed by atoms with Gasteiger partial charge in [0.1, 0.15) is 0 Å². The Balaban J connectivity index is 1.73. The van der Waals surface area contributed by atoms with Gasteiger partial charge in [-0.25, -0.2) is 0 Å². The van der Waals surface area contributed by atoms with E-state index in [0.717, 1.165) is 12.8 Å². The highest BCUT2D eigenvalue weighted by molar-refractivity contribution is 14.1. The summed E-state index contributed by atoms with van der Waals surface area (Å²) in [6.45, 7) is 0. The molecule has 0 fully saturated rings. The van der Waals surface area contributed by atoms with E-state index >= 15 is 0 Å². The van der Waals surface area contributed by atoms with Crippen LogP contribution in [-0.4, -0.2) is 0 Å². The maximum absolute atomic E-state index is 2.37. The van der Waals surface area contributed by atoms with Crippen molar-refractivity contribution < 1.29 is 0 Å². The summed E-state index contributed by atoms with van der Waals surface area (Å²) < 4.78 is 2.55. The van der Waals surface area contributed by atoms with Crippen molar-refractivity contribution in [3.63, 3.8) is 0 Å². The zero-order valence-corrected chi connectivity index (χ0v) is 20.7. The standard InChI is InChI=1S/C28H20I2/c29-21-13-9-19(10-14-21)17-27-23-5-1-2-6-24(23)28(26-8-4-3-7-25(26)27)18-20-11-15-22(30)16-12-20/h1-16H,17-18H2. The van der Waals surface area contributed by atoms with E-state index in [9.17, 15) is 0 Å². The van der Waals surface area contributed by atoms with Crippen LogP contribution in [0.25, 0.3) is 21.5 Å². The minimum Gasteiger partial charge on any atom is -0.0616 e. The molecule has 0 aliphatic heterocycles. The summed E-state index contributed by atoms with van der Waals surface area (Å²) in [6, 6.07) is 35.7. The molecule has 0 atom stereocenters. The molecule has 5 aromatic carbocycles. The number of benzene rings is 5. The Morgan fingerprint density at radius 1 is 0.400 bits per heavy atom. The fourth-order valence-corrected chi connectivity index (χ4v) is 5.02. The third-order valence-corrected chi connectivity index (χ3v) is 7.18. The fourth-order valence-electron chi connectivity index (χ4n) is 4.30. The minimum atomic E-state index is 0.946. The van der Waals surface area contributed by atoms with E-state index in [-0.39, 0.29) is 0 Å². The average molecular weight is 610 g/mol. The van der Waals surface area contributed by atoms with Crippen molar-refractivity contribution in [3.05, 3.63) is 126 Å². The topological polar surface area (TPSA) is 0 Å². The summed E-state index contributed by atoms with van der Waals surface area (Å²) in [7, 11) is 0. The third-order valence-electron chi connectivity index (χ3n) is 5.74. The molecule has 0 heterocycles. The molecule has 5 aromatic rings. The minimum absolute atomic E-state index is 0.946. The first-order valence-electron chi connectivity index (χ1n) is 10.1. The Labute approximate surface area is 204 Å². The second-order valence-corrected chi connectivity index (χ2v) is 10.1. The van der Waals surface area contributed by atoms with Gasteiger partial charge in [0.2, 0.25) is 0 Å². The average Bonchev–Trinajstić information content (AvgIpc) is 2.78. The summed E-state index contributed by atoms with van der Waals surface area (Å²) in [5, 5.41) is 5.48. The Kier molecular flexibility index (Phi) is 5.79. The smallest absolute Gasteiger partial charge is 0.0130 e. The van der Waals surface area contributed by atoms with E-state index in [1.54, 1.807) is 0 Å². The van der Waals surface area contributed by atoms with Crippen LogP contribution >= 0.6 is 45.2 Å². The quantitative estimate of drug-likeness (QED) is 0.142. The first kappa shape index (κ1) is 20.0. The first-order chi connectivity index (χ1) is 14.7. The lowest BCUT2D eigenvalue weighted by Gasteiger charge is -2.17. The van der Waals surface area contributed by atoms with Gasteiger partial charge in [0.25, 0.3) is 0 Å². The van der Waals surface area contributed by atoms with Gasteiger partial charge in [0.05, 0.1) is 0 Å². The molecule has 0 saturated carbocycles. The summed E-state index contributed by atoms with van der Waals surface area (Å²) in [6.07, 6.45) is 1.89. The van der Waals surface area contributed by atoms with Crippen molar-refractivity contribution in [2.75, 3.05) is 0 Å². The van der Waals surface area contributed by atoms with Crippen molar-refractivity contribution >= 4 is 66.7 Å². The van der Waals surface area contributed by atoms with E-state index in [4.69, 9.17) is 0 Å². The molecule has 0 unspecified atom stereocenters. The Morgan fingerprint density at radius 2 is 0.700 bits per heavy atom. The molecule has 0 bridgehead atoms. The predicted molar refractivity (Wildman–Crippen MR) is 145 cm³/mol. The van der Waals surface area contributed by atoms with Gasteiger partial charge >= 0.3 is 0 Å². The number of rotatable bonds is 4. The molecule has 0 radical (unpaired) electrons. The Morgan fingerprint density at radius 3 is 1.00 bits per heavy atom. The maximum Gasteiger partial charge on any atom is 0.0130 e. The van der Waals surface area contributed by atoms with Gasteiger partial charge in [0.15, 0.2) is 0 Å². The normalized spacial score (nSPS) is 11.3. The van der Waals surface area contributed by atoms with Crippen LogP contribution in [0.3, 0.4) is 0 Å². The molecule has 0 N–H and O–H groups in total. The molecule has 0 amide bonds. The second-order valence-electron chi connectivity index (χ2n) is 7.65. The number of hydrogen-bond donors (Lipinski definition) is 0. The molecule has 0 saturated heterocycles. The molecule has 0 nitrogen and oxygen atoms in total. The van der Waals surface area contributed by atoms with Crippen LogP contribution in [0, 0.1) is 7.14 Å². The van der Waals surface area contributed by atoms with Crippen molar-refractivity contribution in [3.8, 4) is 0 Å². The van der Waals surface area contributed by atoms with Gasteiger partial charge in [0, 0.05) is 7.14 Å². The van der Waals surface area contributed by atoms with Crippen molar-refractivity contribution in [2.45, 2.75) is 12.8 Å². The summed E-state index contributed by atoms with van der Waals surface area (Å²) in [5.41, 5.74) is 5.56. The van der Waals surface area contributed by atoms with Crippen LogP contribution in [0.5, 0.6) is 0 Å². The van der Waals surface area contributed by atoms with Gasteiger partial charge in [-0.2, -0.15) is 0 Å². The molecule has 0 spiro atoms. The molecular formula is C28H20I2. The van der Waals surface area contributed by atoms with Crippen molar-refractivity contribution in [1.29, 1.82) is 0 Å². The number of fused-ring (bicyclic) bond motifs is 2. The van der Waals surface area contributed by atoms with Gasteiger partial charge in [-0.1, -0.05) is 72.8 Å². The summed E-state index contributed by atoms with van der Waals surface area (Å²) in [4.78, 5) is 0. The van der Waals surface area contributed by atoms with Gasteiger partial charge in [-0.05, 0) is 126 Å². The molecule has 0 aromatic heterocycles. The fraction of sp³-hybridized carbons (Fsp3) is 0.0714. The lowest BCUT2D eigenvalue weighted by Crippen LogP contribution is -1.98. The summed E-state index contributed by atoms with van der Waals surface area (Å²) in [5.74, 6) is 0. The highest BCUT2D eigenvalue weighted by atomic mass is 127. The van der Waals surface area contributed by atoms with Gasteiger partial charge in [-0.15, -0.1) is 0 Å². The van der Waals surface area contributed by atoms with Crippen LogP contribution in [-0.2, 0) is 12.8 Å². The SMILES string of the molecule is Ic1ccc(Cc2c3ccccc3c(Cc3ccc(I)cc3)c3ccccc23)cc1. The van der Waals surface area contributed by atoms with E-state index in [2.05, 4.69) is 142 Å². The zero-order chi connectivity index (χ0) is 20.5. The van der Waals surface area contributed by atoms with Crippen LogP contribution in [0.15, 0.2) is 97.1 Å². The molecule has 0 aliphatic carbocycles. The molecule has 2 heteroatoms. The molecular weight excluding hydrogens is 590 g/mol. The zero-order valence-electron chi connectivity index (χ0n) is 16.4. The van der Waals surface area contributed by atoms with Crippen molar-refractivity contribution in [1.82, 2.24) is 0 Å². The number of hydrogen-bond acceptors (Lipinski definition) is 0. The third kappa shape index (κ3) is 4.00.